The Bertz CT molecular complexity index is 483. The molecule has 1 heterocycles. The molecule has 0 spiro atoms. The summed E-state index contributed by atoms with van der Waals surface area (Å²) >= 11 is 0. The summed E-state index contributed by atoms with van der Waals surface area (Å²) < 4.78 is 11.0. The van der Waals surface area contributed by atoms with E-state index in [-0.39, 0.29) is 11.9 Å². The molecule has 1 aromatic rings. The molecule has 0 aromatic heterocycles. The summed E-state index contributed by atoms with van der Waals surface area (Å²) in [6.45, 7) is 10.2. The molecule has 20 heavy (non-hydrogen) atoms. The van der Waals surface area contributed by atoms with Gasteiger partial charge in [-0.25, -0.2) is 0 Å². The van der Waals surface area contributed by atoms with Crippen LogP contribution in [0.3, 0.4) is 0 Å². The Kier molecular flexibility index (Phi) is 4.53. The number of rotatable bonds is 4. The van der Waals surface area contributed by atoms with Gasteiger partial charge in [0.05, 0.1) is 0 Å². The standard InChI is InChI=1S/C16H23NO3/c1-11(2)10-17(12(3)4)16(18)13-5-6-14-15(9-13)20-8-7-19-14/h5-6,9,11-12H,7-8,10H2,1-4H3. The van der Waals surface area contributed by atoms with Crippen LogP contribution in [-0.4, -0.2) is 36.6 Å². The Labute approximate surface area is 120 Å². The van der Waals surface area contributed by atoms with Gasteiger partial charge in [0.1, 0.15) is 13.2 Å². The third-order valence-corrected chi connectivity index (χ3v) is 3.24. The summed E-state index contributed by atoms with van der Waals surface area (Å²) in [6.07, 6.45) is 0. The summed E-state index contributed by atoms with van der Waals surface area (Å²) in [5.41, 5.74) is 0.656. The number of benzene rings is 1. The van der Waals surface area contributed by atoms with E-state index in [1.165, 1.54) is 0 Å². The molecule has 1 amide bonds. The number of hydrogen-bond donors (Lipinski definition) is 0. The van der Waals surface area contributed by atoms with Gasteiger partial charge in [-0.3, -0.25) is 4.79 Å². The van der Waals surface area contributed by atoms with Gasteiger partial charge in [-0.05, 0) is 38.0 Å². The van der Waals surface area contributed by atoms with Gasteiger partial charge < -0.3 is 14.4 Å². The molecule has 4 heteroatoms. The fourth-order valence-electron chi connectivity index (χ4n) is 2.26. The number of fused-ring (bicyclic) bond motifs is 1. The van der Waals surface area contributed by atoms with Gasteiger partial charge in [-0.15, -0.1) is 0 Å². The van der Waals surface area contributed by atoms with Crippen LogP contribution in [0.4, 0.5) is 0 Å². The van der Waals surface area contributed by atoms with E-state index in [1.807, 2.05) is 30.9 Å². The highest BCUT2D eigenvalue weighted by Gasteiger charge is 2.22. The molecule has 0 atom stereocenters. The van der Waals surface area contributed by atoms with Gasteiger partial charge in [-0.1, -0.05) is 13.8 Å². The van der Waals surface area contributed by atoms with Crippen LogP contribution < -0.4 is 9.47 Å². The lowest BCUT2D eigenvalue weighted by Gasteiger charge is -2.29. The van der Waals surface area contributed by atoms with Crippen LogP contribution in [0, 0.1) is 5.92 Å². The minimum absolute atomic E-state index is 0.0469. The monoisotopic (exact) mass is 277 g/mol. The maximum absolute atomic E-state index is 12.6. The molecule has 0 fully saturated rings. The molecule has 1 aliphatic rings. The molecule has 0 aliphatic carbocycles. The summed E-state index contributed by atoms with van der Waals surface area (Å²) in [7, 11) is 0. The Morgan fingerprint density at radius 3 is 2.40 bits per heavy atom. The molecule has 1 aliphatic heterocycles. The molecule has 0 saturated carbocycles. The number of carbonyl (C=O) groups is 1. The van der Waals surface area contributed by atoms with Crippen LogP contribution in [-0.2, 0) is 0 Å². The summed E-state index contributed by atoms with van der Waals surface area (Å²) in [6, 6.07) is 5.59. The Morgan fingerprint density at radius 1 is 1.15 bits per heavy atom. The number of ether oxygens (including phenoxy) is 2. The molecule has 110 valence electrons. The Hall–Kier alpha value is -1.71. The van der Waals surface area contributed by atoms with Crippen molar-refractivity contribution in [3.05, 3.63) is 23.8 Å². The third kappa shape index (κ3) is 3.24. The zero-order valence-corrected chi connectivity index (χ0v) is 12.7. The van der Waals surface area contributed by atoms with Crippen molar-refractivity contribution in [3.63, 3.8) is 0 Å². The van der Waals surface area contributed by atoms with Crippen molar-refractivity contribution < 1.29 is 14.3 Å². The maximum Gasteiger partial charge on any atom is 0.254 e. The van der Waals surface area contributed by atoms with Gasteiger partial charge in [0.2, 0.25) is 0 Å². The van der Waals surface area contributed by atoms with E-state index < -0.39 is 0 Å². The van der Waals surface area contributed by atoms with Crippen molar-refractivity contribution in [2.24, 2.45) is 5.92 Å². The topological polar surface area (TPSA) is 38.8 Å². The van der Waals surface area contributed by atoms with Crippen molar-refractivity contribution in [1.29, 1.82) is 0 Å². The second-order valence-corrected chi connectivity index (χ2v) is 5.80. The second kappa shape index (κ2) is 6.16. The van der Waals surface area contributed by atoms with Gasteiger partial charge in [0.25, 0.3) is 5.91 Å². The van der Waals surface area contributed by atoms with Crippen molar-refractivity contribution in [1.82, 2.24) is 4.90 Å². The van der Waals surface area contributed by atoms with Crippen molar-refractivity contribution in [3.8, 4) is 11.5 Å². The Morgan fingerprint density at radius 2 is 1.80 bits per heavy atom. The minimum Gasteiger partial charge on any atom is -0.486 e. The van der Waals surface area contributed by atoms with Crippen LogP contribution in [0.25, 0.3) is 0 Å². The minimum atomic E-state index is 0.0469. The van der Waals surface area contributed by atoms with Crippen LogP contribution >= 0.6 is 0 Å². The highest BCUT2D eigenvalue weighted by molar-refractivity contribution is 5.95. The summed E-state index contributed by atoms with van der Waals surface area (Å²) in [4.78, 5) is 14.5. The SMILES string of the molecule is CC(C)CN(C(=O)c1ccc2c(c1)OCCO2)C(C)C. The predicted molar refractivity (Wildman–Crippen MR) is 78.4 cm³/mol. The smallest absolute Gasteiger partial charge is 0.254 e. The number of nitrogens with zero attached hydrogens (tertiary/aromatic N) is 1. The molecule has 0 bridgehead atoms. The Balaban J connectivity index is 2.22. The van der Waals surface area contributed by atoms with E-state index in [9.17, 15) is 4.79 Å². The molecule has 4 nitrogen and oxygen atoms in total. The highest BCUT2D eigenvalue weighted by atomic mass is 16.6. The average molecular weight is 277 g/mol. The van der Waals surface area contributed by atoms with Crippen LogP contribution in [0.2, 0.25) is 0 Å². The summed E-state index contributed by atoms with van der Waals surface area (Å²) in [5, 5.41) is 0. The van der Waals surface area contributed by atoms with Crippen molar-refractivity contribution in [2.75, 3.05) is 19.8 Å². The first-order valence-corrected chi connectivity index (χ1v) is 7.19. The molecular weight excluding hydrogens is 254 g/mol. The molecule has 1 aromatic carbocycles. The van der Waals surface area contributed by atoms with Crippen molar-refractivity contribution >= 4 is 5.91 Å². The lowest BCUT2D eigenvalue weighted by atomic mass is 10.1. The second-order valence-electron chi connectivity index (χ2n) is 5.80. The number of carbonyl (C=O) groups excluding carboxylic acids is 1. The summed E-state index contributed by atoms with van der Waals surface area (Å²) in [5.74, 6) is 1.87. The first-order chi connectivity index (χ1) is 9.49. The van der Waals surface area contributed by atoms with E-state index in [2.05, 4.69) is 13.8 Å². The number of amides is 1. The lowest BCUT2D eigenvalue weighted by Crippen LogP contribution is -2.39. The zero-order valence-electron chi connectivity index (χ0n) is 12.7. The molecule has 0 saturated heterocycles. The van der Waals surface area contributed by atoms with Gasteiger partial charge in [0, 0.05) is 18.2 Å². The van der Waals surface area contributed by atoms with Crippen molar-refractivity contribution in [2.45, 2.75) is 33.7 Å². The van der Waals surface area contributed by atoms with E-state index in [0.29, 0.717) is 36.2 Å². The first kappa shape index (κ1) is 14.7. The lowest BCUT2D eigenvalue weighted by molar-refractivity contribution is 0.0681. The fraction of sp³-hybridized carbons (Fsp3) is 0.562. The van der Waals surface area contributed by atoms with Crippen LogP contribution in [0.1, 0.15) is 38.1 Å². The molecule has 2 rings (SSSR count). The van der Waals surface area contributed by atoms with E-state index in [1.54, 1.807) is 6.07 Å². The van der Waals surface area contributed by atoms with Crippen LogP contribution in [0.15, 0.2) is 18.2 Å². The third-order valence-electron chi connectivity index (χ3n) is 3.24. The largest absolute Gasteiger partial charge is 0.486 e. The van der Waals surface area contributed by atoms with E-state index >= 15 is 0 Å². The average Bonchev–Trinajstić information content (AvgIpc) is 2.43. The molecule has 0 N–H and O–H groups in total. The fourth-order valence-corrected chi connectivity index (χ4v) is 2.26. The zero-order chi connectivity index (χ0) is 14.7. The van der Waals surface area contributed by atoms with Gasteiger partial charge in [-0.2, -0.15) is 0 Å². The maximum atomic E-state index is 12.6. The number of hydrogen-bond acceptors (Lipinski definition) is 3. The van der Waals surface area contributed by atoms with Crippen LogP contribution in [0.5, 0.6) is 11.5 Å². The predicted octanol–water partition coefficient (Wildman–Crippen LogP) is 2.96. The highest BCUT2D eigenvalue weighted by Crippen LogP contribution is 2.31. The first-order valence-electron chi connectivity index (χ1n) is 7.19. The molecular formula is C16H23NO3. The molecule has 0 unspecified atom stereocenters. The quantitative estimate of drug-likeness (QED) is 0.849. The van der Waals surface area contributed by atoms with Gasteiger partial charge >= 0.3 is 0 Å². The van der Waals surface area contributed by atoms with E-state index in [0.717, 1.165) is 6.54 Å². The van der Waals surface area contributed by atoms with Gasteiger partial charge in [0.15, 0.2) is 11.5 Å². The normalized spacial score (nSPS) is 13.7. The van der Waals surface area contributed by atoms with E-state index in [4.69, 9.17) is 9.47 Å². The molecule has 0 radical (unpaired) electrons.